The summed E-state index contributed by atoms with van der Waals surface area (Å²) in [6.07, 6.45) is 4.78. The van der Waals surface area contributed by atoms with Gasteiger partial charge in [0.15, 0.2) is 0 Å². The van der Waals surface area contributed by atoms with Gasteiger partial charge in [0, 0.05) is 5.75 Å². The zero-order chi connectivity index (χ0) is 10.7. The van der Waals surface area contributed by atoms with Gasteiger partial charge in [0.25, 0.3) is 0 Å². The van der Waals surface area contributed by atoms with E-state index in [0.717, 1.165) is 12.8 Å². The summed E-state index contributed by atoms with van der Waals surface area (Å²) in [4.78, 5) is 0.365. The Labute approximate surface area is 92.2 Å². The van der Waals surface area contributed by atoms with E-state index in [9.17, 15) is 8.60 Å². The molecule has 1 nitrogen and oxygen atoms in total. The van der Waals surface area contributed by atoms with Crippen LogP contribution in [0.4, 0.5) is 4.39 Å². The number of rotatable bonds is 3. The van der Waals surface area contributed by atoms with Gasteiger partial charge in [-0.3, -0.25) is 4.21 Å². The molecular formula is C12H15FOS. The summed E-state index contributed by atoms with van der Waals surface area (Å²) in [5.41, 5.74) is 0. The zero-order valence-corrected chi connectivity index (χ0v) is 9.43. The summed E-state index contributed by atoms with van der Waals surface area (Å²) in [5.74, 6) is 0.820. The summed E-state index contributed by atoms with van der Waals surface area (Å²) >= 11 is 0. The van der Waals surface area contributed by atoms with Gasteiger partial charge < -0.3 is 0 Å². The fraction of sp³-hybridized carbons (Fsp3) is 0.500. The lowest BCUT2D eigenvalue weighted by Crippen LogP contribution is -2.08. The maximum absolute atomic E-state index is 13.3. The van der Waals surface area contributed by atoms with Crippen molar-refractivity contribution in [3.05, 3.63) is 30.1 Å². The van der Waals surface area contributed by atoms with Crippen LogP contribution in [-0.4, -0.2) is 9.96 Å². The van der Waals surface area contributed by atoms with Crippen LogP contribution in [-0.2, 0) is 10.8 Å². The molecule has 0 bridgehead atoms. The van der Waals surface area contributed by atoms with Gasteiger partial charge in [-0.1, -0.05) is 25.0 Å². The molecular weight excluding hydrogens is 211 g/mol. The first-order valence-corrected chi connectivity index (χ1v) is 6.72. The molecule has 1 unspecified atom stereocenters. The lowest BCUT2D eigenvalue weighted by Gasteiger charge is -2.08. The molecule has 0 heterocycles. The topological polar surface area (TPSA) is 17.1 Å². The first-order chi connectivity index (χ1) is 7.27. The van der Waals surface area contributed by atoms with Gasteiger partial charge in [-0.2, -0.15) is 0 Å². The van der Waals surface area contributed by atoms with Crippen molar-refractivity contribution in [3.8, 4) is 0 Å². The number of hydrogen-bond donors (Lipinski definition) is 0. The predicted molar refractivity (Wildman–Crippen MR) is 59.6 cm³/mol. The molecule has 3 heteroatoms. The Morgan fingerprint density at radius 3 is 2.60 bits per heavy atom. The molecule has 1 fully saturated rings. The quantitative estimate of drug-likeness (QED) is 0.774. The fourth-order valence-corrected chi connectivity index (χ4v) is 3.57. The second kappa shape index (κ2) is 4.88. The molecule has 82 valence electrons. The summed E-state index contributed by atoms with van der Waals surface area (Å²) in [7, 11) is -1.16. The Morgan fingerprint density at radius 2 is 1.93 bits per heavy atom. The van der Waals surface area contributed by atoms with E-state index in [0.29, 0.717) is 16.6 Å². The van der Waals surface area contributed by atoms with Crippen molar-refractivity contribution in [3.63, 3.8) is 0 Å². The van der Waals surface area contributed by atoms with Crippen LogP contribution in [0.15, 0.2) is 29.2 Å². The van der Waals surface area contributed by atoms with Crippen molar-refractivity contribution in [1.29, 1.82) is 0 Å². The molecule has 0 amide bonds. The summed E-state index contributed by atoms with van der Waals surface area (Å²) < 4.78 is 25.2. The maximum atomic E-state index is 13.3. The van der Waals surface area contributed by atoms with Gasteiger partial charge in [0.1, 0.15) is 5.82 Å². The summed E-state index contributed by atoms with van der Waals surface area (Å²) in [5, 5.41) is 0. The first kappa shape index (κ1) is 10.8. The summed E-state index contributed by atoms with van der Waals surface area (Å²) in [6, 6.07) is 6.37. The largest absolute Gasteiger partial charge is 0.254 e. The monoisotopic (exact) mass is 226 g/mol. The minimum atomic E-state index is -1.16. The van der Waals surface area contributed by atoms with Gasteiger partial charge >= 0.3 is 0 Å². The highest BCUT2D eigenvalue weighted by Crippen LogP contribution is 2.27. The smallest absolute Gasteiger partial charge is 0.139 e. The lowest BCUT2D eigenvalue weighted by molar-refractivity contribution is 0.583. The molecule has 1 atom stereocenters. The zero-order valence-electron chi connectivity index (χ0n) is 8.62. The maximum Gasteiger partial charge on any atom is 0.139 e. The van der Waals surface area contributed by atoms with E-state index < -0.39 is 10.8 Å². The van der Waals surface area contributed by atoms with E-state index >= 15 is 0 Å². The van der Waals surface area contributed by atoms with Crippen LogP contribution >= 0.6 is 0 Å². The molecule has 15 heavy (non-hydrogen) atoms. The molecule has 1 aromatic carbocycles. The second-order valence-electron chi connectivity index (χ2n) is 4.09. The van der Waals surface area contributed by atoms with Gasteiger partial charge in [-0.15, -0.1) is 0 Å². The highest BCUT2D eigenvalue weighted by atomic mass is 32.2. The third-order valence-electron chi connectivity index (χ3n) is 2.94. The van der Waals surface area contributed by atoms with Crippen molar-refractivity contribution >= 4 is 10.8 Å². The van der Waals surface area contributed by atoms with E-state index in [4.69, 9.17) is 0 Å². The third-order valence-corrected chi connectivity index (χ3v) is 4.54. The van der Waals surface area contributed by atoms with Crippen LogP contribution in [0.2, 0.25) is 0 Å². The minimum Gasteiger partial charge on any atom is -0.254 e. The standard InChI is InChI=1S/C12H15FOS/c13-11-7-3-4-8-12(11)15(14)9-10-5-1-2-6-10/h3-4,7-8,10H,1-2,5-6,9H2. The van der Waals surface area contributed by atoms with Gasteiger partial charge in [0.2, 0.25) is 0 Å². The molecule has 0 radical (unpaired) electrons. The fourth-order valence-electron chi connectivity index (χ4n) is 2.11. The van der Waals surface area contributed by atoms with Crippen LogP contribution < -0.4 is 0 Å². The van der Waals surface area contributed by atoms with Crippen LogP contribution in [0.5, 0.6) is 0 Å². The van der Waals surface area contributed by atoms with Gasteiger partial charge in [-0.25, -0.2) is 4.39 Å². The van der Waals surface area contributed by atoms with E-state index in [1.54, 1.807) is 18.2 Å². The predicted octanol–water partition coefficient (Wildman–Crippen LogP) is 3.12. The molecule has 0 N–H and O–H groups in total. The first-order valence-electron chi connectivity index (χ1n) is 5.40. The van der Waals surface area contributed by atoms with Crippen LogP contribution in [0.25, 0.3) is 0 Å². The average molecular weight is 226 g/mol. The molecule has 1 saturated carbocycles. The highest BCUT2D eigenvalue weighted by Gasteiger charge is 2.19. The number of hydrogen-bond acceptors (Lipinski definition) is 1. The summed E-state index contributed by atoms with van der Waals surface area (Å²) in [6.45, 7) is 0. The van der Waals surface area contributed by atoms with Crippen molar-refractivity contribution < 1.29 is 8.60 Å². The average Bonchev–Trinajstić information content (AvgIpc) is 2.71. The van der Waals surface area contributed by atoms with Crippen molar-refractivity contribution in [2.24, 2.45) is 5.92 Å². The number of halogens is 1. The normalized spacial score (nSPS) is 19.3. The van der Waals surface area contributed by atoms with Crippen molar-refractivity contribution in [1.82, 2.24) is 0 Å². The van der Waals surface area contributed by atoms with E-state index in [1.807, 2.05) is 0 Å². The molecule has 0 spiro atoms. The molecule has 0 aromatic heterocycles. The van der Waals surface area contributed by atoms with E-state index in [2.05, 4.69) is 0 Å². The lowest BCUT2D eigenvalue weighted by atomic mass is 10.1. The van der Waals surface area contributed by atoms with Gasteiger partial charge in [-0.05, 0) is 30.9 Å². The Balaban J connectivity index is 2.04. The van der Waals surface area contributed by atoms with Crippen molar-refractivity contribution in [2.75, 3.05) is 5.75 Å². The SMILES string of the molecule is O=S(CC1CCCC1)c1ccccc1F. The van der Waals surface area contributed by atoms with Crippen LogP contribution in [0.3, 0.4) is 0 Å². The molecule has 0 aliphatic heterocycles. The second-order valence-corrected chi connectivity index (χ2v) is 5.56. The van der Waals surface area contributed by atoms with Gasteiger partial charge in [0.05, 0.1) is 15.7 Å². The molecule has 1 aliphatic rings. The molecule has 1 aromatic rings. The Kier molecular flexibility index (Phi) is 3.52. The van der Waals surface area contributed by atoms with E-state index in [1.165, 1.54) is 18.9 Å². The minimum absolute atomic E-state index is 0.339. The molecule has 1 aliphatic carbocycles. The van der Waals surface area contributed by atoms with E-state index in [-0.39, 0.29) is 5.82 Å². The third kappa shape index (κ3) is 2.65. The molecule has 2 rings (SSSR count). The molecule has 0 saturated heterocycles. The van der Waals surface area contributed by atoms with Crippen LogP contribution in [0.1, 0.15) is 25.7 Å². The Morgan fingerprint density at radius 1 is 1.27 bits per heavy atom. The number of benzene rings is 1. The van der Waals surface area contributed by atoms with Crippen molar-refractivity contribution in [2.45, 2.75) is 30.6 Å². The highest BCUT2D eigenvalue weighted by molar-refractivity contribution is 7.85. The Bertz CT molecular complexity index is 358. The van der Waals surface area contributed by atoms with Crippen LogP contribution in [0, 0.1) is 11.7 Å². The Hall–Kier alpha value is -0.700.